The zero-order chi connectivity index (χ0) is 19.3. The Bertz CT molecular complexity index is 1080. The first kappa shape index (κ1) is 18.0. The number of benzene rings is 3. The summed E-state index contributed by atoms with van der Waals surface area (Å²) in [6.07, 6.45) is 0. The number of hydrogen-bond acceptors (Lipinski definition) is 3. The minimum absolute atomic E-state index is 0.284. The van der Waals surface area contributed by atoms with Crippen LogP contribution in [0.25, 0.3) is 22.3 Å². The van der Waals surface area contributed by atoms with Gasteiger partial charge in [-0.1, -0.05) is 60.7 Å². The topological polar surface area (TPSA) is 46.5 Å². The van der Waals surface area contributed by atoms with Crippen molar-refractivity contribution in [1.29, 1.82) is 0 Å². The van der Waals surface area contributed by atoms with Crippen LogP contribution in [0.15, 0.2) is 89.6 Å². The quantitative estimate of drug-likeness (QED) is 0.419. The van der Waals surface area contributed by atoms with Gasteiger partial charge in [0.1, 0.15) is 12.4 Å². The Morgan fingerprint density at radius 2 is 1.46 bits per heavy atom. The maximum atomic E-state index is 11.1. The molecule has 0 saturated carbocycles. The Kier molecular flexibility index (Phi) is 5.22. The number of carboxylic acid groups (broad SMARTS) is 1. The van der Waals surface area contributed by atoms with E-state index in [2.05, 4.69) is 16.8 Å². The van der Waals surface area contributed by atoms with Gasteiger partial charge in [-0.3, -0.25) is 0 Å². The van der Waals surface area contributed by atoms with Crippen molar-refractivity contribution < 1.29 is 14.6 Å². The largest absolute Gasteiger partial charge is 0.488 e. The van der Waals surface area contributed by atoms with Crippen LogP contribution < -0.4 is 4.74 Å². The van der Waals surface area contributed by atoms with Gasteiger partial charge in [0.05, 0.1) is 5.56 Å². The molecule has 0 saturated heterocycles. The molecule has 0 fully saturated rings. The lowest BCUT2D eigenvalue weighted by Gasteiger charge is -2.13. The van der Waals surface area contributed by atoms with E-state index >= 15 is 0 Å². The van der Waals surface area contributed by atoms with Crippen LogP contribution in [0.1, 0.15) is 15.9 Å². The predicted molar refractivity (Wildman–Crippen MR) is 113 cm³/mol. The summed E-state index contributed by atoms with van der Waals surface area (Å²) in [6, 6.07) is 25.1. The summed E-state index contributed by atoms with van der Waals surface area (Å²) in [5.41, 5.74) is 5.56. The van der Waals surface area contributed by atoms with Gasteiger partial charge in [0, 0.05) is 16.7 Å². The molecule has 3 nitrogen and oxygen atoms in total. The number of carboxylic acids is 1. The minimum Gasteiger partial charge on any atom is -0.488 e. The van der Waals surface area contributed by atoms with E-state index in [0.29, 0.717) is 6.61 Å². The first-order chi connectivity index (χ1) is 13.7. The molecule has 0 bridgehead atoms. The number of thiophene rings is 1. The molecule has 0 unspecified atom stereocenters. The molecule has 0 aliphatic heterocycles. The first-order valence-corrected chi connectivity index (χ1v) is 9.83. The van der Waals surface area contributed by atoms with E-state index in [4.69, 9.17) is 9.84 Å². The molecular weight excluding hydrogens is 368 g/mol. The van der Waals surface area contributed by atoms with E-state index < -0.39 is 5.97 Å². The Morgan fingerprint density at radius 1 is 0.786 bits per heavy atom. The molecule has 4 rings (SSSR count). The van der Waals surface area contributed by atoms with E-state index in [1.165, 1.54) is 0 Å². The van der Waals surface area contributed by atoms with E-state index in [-0.39, 0.29) is 5.56 Å². The number of ether oxygens (including phenoxy) is 1. The van der Waals surface area contributed by atoms with Gasteiger partial charge in [-0.2, -0.15) is 11.3 Å². The van der Waals surface area contributed by atoms with Crippen LogP contribution in [-0.4, -0.2) is 11.1 Å². The van der Waals surface area contributed by atoms with Crippen molar-refractivity contribution in [3.05, 3.63) is 101 Å². The summed E-state index contributed by atoms with van der Waals surface area (Å²) in [4.78, 5) is 11.1. The fourth-order valence-electron chi connectivity index (χ4n) is 3.07. The molecule has 1 N–H and O–H groups in total. The molecule has 3 aromatic carbocycles. The number of carbonyl (C=O) groups is 1. The average Bonchev–Trinajstić information content (AvgIpc) is 3.23. The van der Waals surface area contributed by atoms with Crippen LogP contribution in [0.4, 0.5) is 0 Å². The summed E-state index contributed by atoms with van der Waals surface area (Å²) in [5.74, 6) is -0.0927. The van der Waals surface area contributed by atoms with Gasteiger partial charge in [0.15, 0.2) is 0 Å². The molecule has 1 aromatic heterocycles. The second-order valence-electron chi connectivity index (χ2n) is 6.35. The van der Waals surface area contributed by atoms with E-state index in [1.54, 1.807) is 23.5 Å². The average molecular weight is 386 g/mol. The summed E-state index contributed by atoms with van der Waals surface area (Å²) in [5, 5.41) is 13.3. The highest BCUT2D eigenvalue weighted by molar-refractivity contribution is 7.08. The standard InChI is InChI=1S/C24H18O3S/c25-24(26)19-12-10-18(11-13-19)21-15-28-16-22(21)20-8-4-5-9-23(20)27-14-17-6-2-1-3-7-17/h1-13,15-16H,14H2,(H,25,26). The predicted octanol–water partition coefficient (Wildman–Crippen LogP) is 6.36. The Hall–Kier alpha value is -3.37. The zero-order valence-electron chi connectivity index (χ0n) is 15.0. The van der Waals surface area contributed by atoms with Gasteiger partial charge in [-0.05, 0) is 40.1 Å². The number of rotatable bonds is 6. The lowest BCUT2D eigenvalue weighted by Crippen LogP contribution is -1.97. The van der Waals surface area contributed by atoms with Crippen molar-refractivity contribution in [2.24, 2.45) is 0 Å². The second kappa shape index (κ2) is 8.11. The zero-order valence-corrected chi connectivity index (χ0v) is 15.9. The number of hydrogen-bond donors (Lipinski definition) is 1. The van der Waals surface area contributed by atoms with Crippen LogP contribution >= 0.6 is 11.3 Å². The number of para-hydroxylation sites is 1. The first-order valence-electron chi connectivity index (χ1n) is 8.88. The molecule has 0 atom stereocenters. The highest BCUT2D eigenvalue weighted by Crippen LogP contribution is 2.39. The minimum atomic E-state index is -0.920. The highest BCUT2D eigenvalue weighted by Gasteiger charge is 2.14. The SMILES string of the molecule is O=C(O)c1ccc(-c2cscc2-c2ccccc2OCc2ccccc2)cc1. The normalized spacial score (nSPS) is 10.6. The molecule has 0 amide bonds. The van der Waals surface area contributed by atoms with Crippen LogP contribution in [0, 0.1) is 0 Å². The van der Waals surface area contributed by atoms with Gasteiger partial charge < -0.3 is 9.84 Å². The maximum Gasteiger partial charge on any atom is 0.335 e. The third kappa shape index (κ3) is 3.82. The van der Waals surface area contributed by atoms with Gasteiger partial charge in [0.25, 0.3) is 0 Å². The van der Waals surface area contributed by atoms with Crippen LogP contribution in [-0.2, 0) is 6.61 Å². The summed E-state index contributed by atoms with van der Waals surface area (Å²) in [7, 11) is 0. The molecule has 0 radical (unpaired) electrons. The van der Waals surface area contributed by atoms with Crippen molar-refractivity contribution in [1.82, 2.24) is 0 Å². The van der Waals surface area contributed by atoms with E-state index in [1.807, 2.05) is 60.7 Å². The second-order valence-corrected chi connectivity index (χ2v) is 7.10. The third-order valence-corrected chi connectivity index (χ3v) is 5.26. The fraction of sp³-hybridized carbons (Fsp3) is 0.0417. The molecule has 28 heavy (non-hydrogen) atoms. The molecular formula is C24H18O3S. The van der Waals surface area contributed by atoms with Crippen LogP contribution in [0.3, 0.4) is 0 Å². The van der Waals surface area contributed by atoms with Crippen molar-refractivity contribution in [3.8, 4) is 28.0 Å². The van der Waals surface area contributed by atoms with Crippen LogP contribution in [0.2, 0.25) is 0 Å². The molecule has 4 aromatic rings. The van der Waals surface area contributed by atoms with Crippen molar-refractivity contribution in [2.75, 3.05) is 0 Å². The van der Waals surface area contributed by atoms with Crippen molar-refractivity contribution in [3.63, 3.8) is 0 Å². The monoisotopic (exact) mass is 386 g/mol. The van der Waals surface area contributed by atoms with Crippen molar-refractivity contribution in [2.45, 2.75) is 6.61 Å². The molecule has 0 aliphatic rings. The van der Waals surface area contributed by atoms with Gasteiger partial charge >= 0.3 is 5.97 Å². The Balaban J connectivity index is 1.65. The molecule has 138 valence electrons. The Morgan fingerprint density at radius 3 is 2.21 bits per heavy atom. The Labute approximate surface area is 167 Å². The van der Waals surface area contributed by atoms with Gasteiger partial charge in [0.2, 0.25) is 0 Å². The van der Waals surface area contributed by atoms with E-state index in [0.717, 1.165) is 33.6 Å². The molecule has 4 heteroatoms. The molecule has 0 spiro atoms. The third-order valence-electron chi connectivity index (χ3n) is 4.52. The van der Waals surface area contributed by atoms with E-state index in [9.17, 15) is 4.79 Å². The lowest BCUT2D eigenvalue weighted by atomic mass is 9.97. The number of aromatic carboxylic acids is 1. The smallest absolute Gasteiger partial charge is 0.335 e. The van der Waals surface area contributed by atoms with Crippen LogP contribution in [0.5, 0.6) is 5.75 Å². The lowest BCUT2D eigenvalue weighted by molar-refractivity contribution is 0.0697. The maximum absolute atomic E-state index is 11.1. The summed E-state index contributed by atoms with van der Waals surface area (Å²) < 4.78 is 6.12. The molecule has 0 aliphatic carbocycles. The van der Waals surface area contributed by atoms with Gasteiger partial charge in [-0.15, -0.1) is 0 Å². The van der Waals surface area contributed by atoms with Crippen molar-refractivity contribution >= 4 is 17.3 Å². The fourth-order valence-corrected chi connectivity index (χ4v) is 3.93. The van der Waals surface area contributed by atoms with Gasteiger partial charge in [-0.25, -0.2) is 4.79 Å². The summed E-state index contributed by atoms with van der Waals surface area (Å²) >= 11 is 1.62. The highest BCUT2D eigenvalue weighted by atomic mass is 32.1. The molecule has 1 heterocycles. The summed E-state index contributed by atoms with van der Waals surface area (Å²) in [6.45, 7) is 0.505.